The number of aliphatic imine (C=N–C) groups is 1. The molecule has 2 N–H and O–H groups in total. The Morgan fingerprint density at radius 1 is 1.40 bits per heavy atom. The number of thiol groups is 1. The molecule has 1 aromatic carbocycles. The molecule has 2 rings (SSSR count). The Bertz CT molecular complexity index is 830. The average molecular weight is 360 g/mol. The number of carbonyl (C=O) groups excluding carboxylic acids is 1. The number of amides is 1. The second kappa shape index (κ2) is 7.60. The third-order valence-electron chi connectivity index (χ3n) is 3.20. The zero-order chi connectivity index (χ0) is 18.6. The minimum Gasteiger partial charge on any atom is -0.480 e. The summed E-state index contributed by atoms with van der Waals surface area (Å²) in [5.74, 6) is -1.94. The van der Waals surface area contributed by atoms with Crippen LogP contribution in [0.15, 0.2) is 29.4 Å². The van der Waals surface area contributed by atoms with Crippen molar-refractivity contribution in [1.29, 1.82) is 0 Å². The summed E-state index contributed by atoms with van der Waals surface area (Å²) in [5, 5.41) is 12.1. The van der Waals surface area contributed by atoms with Gasteiger partial charge in [-0.05, 0) is 32.4 Å². The first-order chi connectivity index (χ1) is 11.7. The van der Waals surface area contributed by atoms with Crippen molar-refractivity contribution in [3.05, 3.63) is 35.8 Å². The fraction of sp³-hybridized carbons (Fsp3) is 0.353. The lowest BCUT2D eigenvalue weighted by Gasteiger charge is -2.11. The molecule has 0 fully saturated rings. The van der Waals surface area contributed by atoms with Crippen LogP contribution in [0.2, 0.25) is 0 Å². The van der Waals surface area contributed by atoms with Gasteiger partial charge in [0.15, 0.2) is 0 Å². The largest absolute Gasteiger partial charge is 0.480 e. The monoisotopic (exact) mass is 360 g/mol. The summed E-state index contributed by atoms with van der Waals surface area (Å²) >= 11 is 3.91. The second-order valence-corrected chi connectivity index (χ2v) is 6.85. The Morgan fingerprint density at radius 3 is 2.72 bits per heavy atom. The van der Waals surface area contributed by atoms with Gasteiger partial charge in [0.1, 0.15) is 6.04 Å². The molecule has 0 aliphatic rings. The van der Waals surface area contributed by atoms with Gasteiger partial charge in [-0.15, -0.1) is 0 Å². The first kappa shape index (κ1) is 18.9. The van der Waals surface area contributed by atoms with Crippen LogP contribution in [-0.2, 0) is 4.79 Å². The van der Waals surface area contributed by atoms with Crippen molar-refractivity contribution in [2.75, 3.05) is 5.75 Å². The topological polar surface area (TPSA) is 105 Å². The minimum absolute atomic E-state index is 0.0257. The lowest BCUT2D eigenvalue weighted by Crippen LogP contribution is -2.42. The van der Waals surface area contributed by atoms with Crippen LogP contribution >= 0.6 is 12.6 Å². The molecule has 1 atom stereocenters. The normalized spacial score (nSPS) is 13.1. The van der Waals surface area contributed by atoms with Crippen molar-refractivity contribution in [3.8, 4) is 0 Å². The van der Waals surface area contributed by atoms with Gasteiger partial charge in [-0.2, -0.15) is 12.6 Å². The van der Waals surface area contributed by atoms with E-state index in [2.05, 4.69) is 32.9 Å². The Morgan fingerprint density at radius 2 is 2.12 bits per heavy atom. The van der Waals surface area contributed by atoms with E-state index in [0.717, 1.165) is 10.9 Å². The van der Waals surface area contributed by atoms with Crippen LogP contribution in [0, 0.1) is 0 Å². The summed E-state index contributed by atoms with van der Waals surface area (Å²) < 4.78 is 0. The molecule has 1 unspecified atom stereocenters. The van der Waals surface area contributed by atoms with Crippen LogP contribution < -0.4 is 5.32 Å². The number of rotatable bonds is 5. The third-order valence-corrected chi connectivity index (χ3v) is 3.56. The number of carbonyl (C=O) groups is 2. The maximum absolute atomic E-state index is 12.1. The predicted molar refractivity (Wildman–Crippen MR) is 99.6 cm³/mol. The van der Waals surface area contributed by atoms with E-state index in [1.54, 1.807) is 12.3 Å². The zero-order valence-electron chi connectivity index (χ0n) is 14.2. The summed E-state index contributed by atoms with van der Waals surface area (Å²) in [5.41, 5.74) is 1.24. The zero-order valence-corrected chi connectivity index (χ0v) is 15.1. The molecule has 1 heterocycles. The number of carboxylic acid groups (broad SMARTS) is 1. The highest BCUT2D eigenvalue weighted by Crippen LogP contribution is 2.14. The van der Waals surface area contributed by atoms with Crippen LogP contribution in [-0.4, -0.2) is 50.5 Å². The van der Waals surface area contributed by atoms with Gasteiger partial charge in [0.05, 0.1) is 11.1 Å². The molecule has 0 spiro atoms. The van der Waals surface area contributed by atoms with Crippen molar-refractivity contribution >= 4 is 41.6 Å². The maximum atomic E-state index is 12.1. The molecule has 1 amide bonds. The van der Waals surface area contributed by atoms with Gasteiger partial charge >= 0.3 is 5.97 Å². The molecule has 8 heteroatoms. The molecule has 0 bridgehead atoms. The van der Waals surface area contributed by atoms with Gasteiger partial charge in [-0.3, -0.25) is 9.79 Å². The minimum atomic E-state index is -1.16. The number of hydrogen-bond donors (Lipinski definition) is 3. The van der Waals surface area contributed by atoms with Crippen molar-refractivity contribution < 1.29 is 14.7 Å². The fourth-order valence-corrected chi connectivity index (χ4v) is 2.15. The first-order valence-corrected chi connectivity index (χ1v) is 8.29. The van der Waals surface area contributed by atoms with E-state index in [4.69, 9.17) is 5.11 Å². The first-order valence-electron chi connectivity index (χ1n) is 7.66. The van der Waals surface area contributed by atoms with E-state index < -0.39 is 17.9 Å². The molecule has 25 heavy (non-hydrogen) atoms. The molecular weight excluding hydrogens is 340 g/mol. The van der Waals surface area contributed by atoms with Gasteiger partial charge in [-0.25, -0.2) is 14.8 Å². The van der Waals surface area contributed by atoms with E-state index in [0.29, 0.717) is 5.52 Å². The SMILES string of the molecule is CC(C)(C)N=Cc1ccc2cnc(C(=O)NC(CS)C(=O)O)nc2c1. The lowest BCUT2D eigenvalue weighted by molar-refractivity contribution is -0.138. The van der Waals surface area contributed by atoms with Gasteiger partial charge in [0.25, 0.3) is 5.91 Å². The highest BCUT2D eigenvalue weighted by Gasteiger charge is 2.20. The smallest absolute Gasteiger partial charge is 0.327 e. The van der Waals surface area contributed by atoms with Crippen LogP contribution in [0.25, 0.3) is 10.9 Å². The van der Waals surface area contributed by atoms with Gasteiger partial charge in [0, 0.05) is 23.6 Å². The number of aliphatic carboxylic acids is 1. The molecule has 0 aliphatic carbocycles. The number of nitrogens with one attached hydrogen (secondary N) is 1. The highest BCUT2D eigenvalue weighted by atomic mass is 32.1. The molecule has 0 aliphatic heterocycles. The summed E-state index contributed by atoms with van der Waals surface area (Å²) in [6.07, 6.45) is 3.28. The molecule has 1 aromatic heterocycles. The molecular formula is C17H20N4O3S. The van der Waals surface area contributed by atoms with Gasteiger partial charge in [0.2, 0.25) is 5.82 Å². The molecule has 0 saturated carbocycles. The predicted octanol–water partition coefficient (Wildman–Crippen LogP) is 1.96. The molecule has 7 nitrogen and oxygen atoms in total. The van der Waals surface area contributed by atoms with Gasteiger partial charge < -0.3 is 10.4 Å². The quantitative estimate of drug-likeness (QED) is 0.558. The van der Waals surface area contributed by atoms with E-state index in [-0.39, 0.29) is 17.1 Å². The molecule has 0 saturated heterocycles. The molecule has 132 valence electrons. The maximum Gasteiger partial charge on any atom is 0.327 e. The van der Waals surface area contributed by atoms with Crippen LogP contribution in [0.4, 0.5) is 0 Å². The van der Waals surface area contributed by atoms with E-state index >= 15 is 0 Å². The van der Waals surface area contributed by atoms with E-state index in [1.165, 1.54) is 6.20 Å². The lowest BCUT2D eigenvalue weighted by atomic mass is 10.1. The Labute approximate surface area is 151 Å². The van der Waals surface area contributed by atoms with Crippen LogP contribution in [0.3, 0.4) is 0 Å². The van der Waals surface area contributed by atoms with Crippen LogP contribution in [0.1, 0.15) is 37.0 Å². The Balaban J connectivity index is 2.29. The summed E-state index contributed by atoms with van der Waals surface area (Å²) in [4.78, 5) is 35.8. The Kier molecular flexibility index (Phi) is 5.73. The number of benzene rings is 1. The summed E-state index contributed by atoms with van der Waals surface area (Å²) in [6, 6.07) is 4.44. The second-order valence-electron chi connectivity index (χ2n) is 6.49. The third kappa shape index (κ3) is 5.25. The number of fused-ring (bicyclic) bond motifs is 1. The number of nitrogens with zero attached hydrogens (tertiary/aromatic N) is 3. The van der Waals surface area contributed by atoms with Crippen molar-refractivity contribution in [3.63, 3.8) is 0 Å². The van der Waals surface area contributed by atoms with Crippen LogP contribution in [0.5, 0.6) is 0 Å². The highest BCUT2D eigenvalue weighted by molar-refractivity contribution is 7.80. The summed E-state index contributed by atoms with van der Waals surface area (Å²) in [6.45, 7) is 5.99. The van der Waals surface area contributed by atoms with Gasteiger partial charge in [-0.1, -0.05) is 12.1 Å². The molecule has 0 radical (unpaired) electrons. The average Bonchev–Trinajstić information content (AvgIpc) is 2.55. The van der Waals surface area contributed by atoms with E-state index in [1.807, 2.05) is 32.9 Å². The standard InChI is InChI=1S/C17H20N4O3S/c1-17(2,3)19-7-10-4-5-11-8-18-14(20-12(11)6-10)15(22)21-13(9-25)16(23)24/h4-8,13,25H,9H2,1-3H3,(H,21,22)(H,23,24). The van der Waals surface area contributed by atoms with Crippen molar-refractivity contribution in [1.82, 2.24) is 15.3 Å². The number of aromatic nitrogens is 2. The number of hydrogen-bond acceptors (Lipinski definition) is 6. The fourth-order valence-electron chi connectivity index (χ4n) is 1.91. The number of carboxylic acids is 1. The summed E-state index contributed by atoms with van der Waals surface area (Å²) in [7, 11) is 0. The van der Waals surface area contributed by atoms with Crippen molar-refractivity contribution in [2.45, 2.75) is 32.4 Å². The molecule has 2 aromatic rings. The Hall–Kier alpha value is -2.48. The van der Waals surface area contributed by atoms with Crippen molar-refractivity contribution in [2.24, 2.45) is 4.99 Å². The van der Waals surface area contributed by atoms with E-state index in [9.17, 15) is 9.59 Å².